The highest BCUT2D eigenvalue weighted by molar-refractivity contribution is 4.86. The number of rotatable bonds is 11. The summed E-state index contributed by atoms with van der Waals surface area (Å²) in [7, 11) is 0. The van der Waals surface area contributed by atoms with E-state index in [9.17, 15) is 0 Å². The lowest BCUT2D eigenvalue weighted by molar-refractivity contribution is 0.255. The van der Waals surface area contributed by atoms with Gasteiger partial charge in [-0.1, -0.05) is 51.5 Å². The minimum atomic E-state index is 0.607. The molecule has 0 amide bonds. The summed E-state index contributed by atoms with van der Waals surface area (Å²) in [6.45, 7) is 11.3. The first kappa shape index (κ1) is 17.5. The predicted octanol–water partition coefficient (Wildman–Crippen LogP) is 5.76. The van der Waals surface area contributed by atoms with Gasteiger partial charge in [0.1, 0.15) is 0 Å². The van der Waals surface area contributed by atoms with E-state index in [1.807, 2.05) is 0 Å². The average Bonchev–Trinajstić information content (AvgIpc) is 2.30. The maximum absolute atomic E-state index is 2.43. The summed E-state index contributed by atoms with van der Waals surface area (Å²) in [5.74, 6) is 0. The van der Waals surface area contributed by atoms with E-state index in [0.717, 1.165) is 0 Å². The van der Waals surface area contributed by atoms with E-state index in [0.29, 0.717) is 12.1 Å². The zero-order valence-corrected chi connectivity index (χ0v) is 13.4. The van der Waals surface area contributed by atoms with Crippen LogP contribution in [-0.2, 0) is 0 Å². The zero-order valence-electron chi connectivity index (χ0n) is 13.4. The molecule has 0 fully saturated rings. The van der Waals surface area contributed by atoms with Crippen LogP contribution in [0.4, 0.5) is 0 Å². The van der Waals surface area contributed by atoms with Crippen LogP contribution in [-0.4, -0.2) is 17.0 Å². The van der Waals surface area contributed by atoms with Gasteiger partial charge >= 0.3 is 0 Å². The maximum atomic E-state index is 2.43. The molecule has 0 saturated heterocycles. The van der Waals surface area contributed by atoms with Crippen LogP contribution in [0, 0.1) is 0 Å². The van der Waals surface area contributed by atoms with Crippen LogP contribution >= 0.6 is 0 Å². The molecule has 0 saturated carbocycles. The van der Waals surface area contributed by atoms with Gasteiger partial charge in [-0.05, 0) is 46.7 Å². The Morgan fingerprint density at radius 1 is 0.778 bits per heavy atom. The molecule has 0 unspecified atom stereocenters. The second-order valence-corrected chi connectivity index (χ2v) is 5.93. The summed E-state index contributed by atoms with van der Waals surface area (Å²) < 4.78 is 0. The van der Waals surface area contributed by atoms with E-state index >= 15 is 0 Å². The fourth-order valence-electron chi connectivity index (χ4n) is 2.36. The third-order valence-corrected chi connectivity index (χ3v) is 3.44. The first-order valence-electron chi connectivity index (χ1n) is 8.03. The van der Waals surface area contributed by atoms with Crippen LogP contribution in [0.25, 0.3) is 0 Å². The standard InChI is InChI=1S/C17H35N/c1-6-7-8-9-10-11-12-13-14-15-18(16(2)3)17(4)5/h14-17H,6-13H2,1-5H3. The highest BCUT2D eigenvalue weighted by Gasteiger charge is 2.06. The molecule has 0 N–H and O–H groups in total. The molecule has 0 rings (SSSR count). The van der Waals surface area contributed by atoms with E-state index in [1.165, 1.54) is 51.4 Å². The quantitative estimate of drug-likeness (QED) is 0.423. The van der Waals surface area contributed by atoms with Gasteiger partial charge in [-0.2, -0.15) is 0 Å². The molecule has 0 aromatic rings. The molecule has 0 heterocycles. The molecule has 18 heavy (non-hydrogen) atoms. The third kappa shape index (κ3) is 9.56. The first-order valence-corrected chi connectivity index (χ1v) is 8.03. The fourth-order valence-corrected chi connectivity index (χ4v) is 2.36. The molecule has 108 valence electrons. The Labute approximate surface area is 116 Å². The van der Waals surface area contributed by atoms with Crippen LogP contribution in [0.1, 0.15) is 86.0 Å². The smallest absolute Gasteiger partial charge is 0.0230 e. The topological polar surface area (TPSA) is 3.24 Å². The lowest BCUT2D eigenvalue weighted by atomic mass is 10.1. The molecule has 0 aromatic carbocycles. The van der Waals surface area contributed by atoms with Gasteiger partial charge < -0.3 is 4.90 Å². The molecule has 0 spiro atoms. The van der Waals surface area contributed by atoms with Crippen molar-refractivity contribution in [3.8, 4) is 0 Å². The molecule has 1 nitrogen and oxygen atoms in total. The minimum Gasteiger partial charge on any atom is -0.373 e. The molecule has 0 aromatic heterocycles. The lowest BCUT2D eigenvalue weighted by Gasteiger charge is -2.29. The van der Waals surface area contributed by atoms with Crippen molar-refractivity contribution in [3.05, 3.63) is 12.3 Å². The number of unbranched alkanes of at least 4 members (excludes halogenated alkanes) is 7. The molecular formula is C17H35N. The van der Waals surface area contributed by atoms with Gasteiger partial charge in [0.25, 0.3) is 0 Å². The lowest BCUT2D eigenvalue weighted by Crippen LogP contribution is -2.31. The van der Waals surface area contributed by atoms with Crippen molar-refractivity contribution < 1.29 is 0 Å². The van der Waals surface area contributed by atoms with Crippen molar-refractivity contribution in [2.45, 2.75) is 98.1 Å². The second-order valence-electron chi connectivity index (χ2n) is 5.93. The molecule has 0 aliphatic heterocycles. The van der Waals surface area contributed by atoms with E-state index in [-0.39, 0.29) is 0 Å². The number of allylic oxidation sites excluding steroid dienone is 1. The normalized spacial score (nSPS) is 11.9. The third-order valence-electron chi connectivity index (χ3n) is 3.44. The molecule has 0 radical (unpaired) electrons. The summed E-state index contributed by atoms with van der Waals surface area (Å²) in [4.78, 5) is 2.43. The van der Waals surface area contributed by atoms with Crippen molar-refractivity contribution in [1.82, 2.24) is 4.90 Å². The van der Waals surface area contributed by atoms with E-state index in [2.05, 4.69) is 51.8 Å². The average molecular weight is 253 g/mol. The van der Waals surface area contributed by atoms with Crippen molar-refractivity contribution in [1.29, 1.82) is 0 Å². The van der Waals surface area contributed by atoms with Crippen LogP contribution in [0.2, 0.25) is 0 Å². The van der Waals surface area contributed by atoms with Gasteiger partial charge in [-0.25, -0.2) is 0 Å². The summed E-state index contributed by atoms with van der Waals surface area (Å²) in [5, 5.41) is 0. The number of hydrogen-bond donors (Lipinski definition) is 0. The highest BCUT2D eigenvalue weighted by atomic mass is 15.1. The van der Waals surface area contributed by atoms with E-state index < -0.39 is 0 Å². The Kier molecular flexibility index (Phi) is 11.3. The molecule has 0 bridgehead atoms. The van der Waals surface area contributed by atoms with Crippen molar-refractivity contribution in [2.75, 3.05) is 0 Å². The number of hydrogen-bond acceptors (Lipinski definition) is 1. The fraction of sp³-hybridized carbons (Fsp3) is 0.882. The van der Waals surface area contributed by atoms with Crippen LogP contribution in [0.3, 0.4) is 0 Å². The summed E-state index contributed by atoms with van der Waals surface area (Å²) in [6, 6.07) is 1.21. The van der Waals surface area contributed by atoms with Crippen molar-refractivity contribution in [2.24, 2.45) is 0 Å². The molecule has 0 aliphatic rings. The van der Waals surface area contributed by atoms with Gasteiger partial charge in [-0.15, -0.1) is 0 Å². The Hall–Kier alpha value is -0.460. The molecule has 0 aliphatic carbocycles. The van der Waals surface area contributed by atoms with Gasteiger partial charge in [0.15, 0.2) is 0 Å². The predicted molar refractivity (Wildman–Crippen MR) is 83.9 cm³/mol. The Morgan fingerprint density at radius 3 is 1.78 bits per heavy atom. The summed E-state index contributed by atoms with van der Waals surface area (Å²) >= 11 is 0. The Morgan fingerprint density at radius 2 is 1.28 bits per heavy atom. The summed E-state index contributed by atoms with van der Waals surface area (Å²) in [6.07, 6.45) is 15.7. The van der Waals surface area contributed by atoms with Crippen molar-refractivity contribution >= 4 is 0 Å². The van der Waals surface area contributed by atoms with Gasteiger partial charge in [0.05, 0.1) is 0 Å². The van der Waals surface area contributed by atoms with Crippen molar-refractivity contribution in [3.63, 3.8) is 0 Å². The highest BCUT2D eigenvalue weighted by Crippen LogP contribution is 2.10. The van der Waals surface area contributed by atoms with E-state index in [1.54, 1.807) is 0 Å². The SMILES string of the molecule is CCCCCCCCCC=CN(C(C)C)C(C)C. The minimum absolute atomic E-state index is 0.607. The maximum Gasteiger partial charge on any atom is 0.0230 e. The largest absolute Gasteiger partial charge is 0.373 e. The summed E-state index contributed by atoms with van der Waals surface area (Å²) in [5.41, 5.74) is 0. The first-order chi connectivity index (χ1) is 8.59. The van der Waals surface area contributed by atoms with E-state index in [4.69, 9.17) is 0 Å². The van der Waals surface area contributed by atoms with Gasteiger partial charge in [-0.3, -0.25) is 0 Å². The van der Waals surface area contributed by atoms with Gasteiger partial charge in [0, 0.05) is 12.1 Å². The molecule has 1 heteroatoms. The number of nitrogens with zero attached hydrogens (tertiary/aromatic N) is 1. The Balaban J connectivity index is 3.52. The Bertz CT molecular complexity index is 186. The monoisotopic (exact) mass is 253 g/mol. The molecule has 0 atom stereocenters. The zero-order chi connectivity index (χ0) is 13.8. The van der Waals surface area contributed by atoms with Crippen LogP contribution in [0.5, 0.6) is 0 Å². The van der Waals surface area contributed by atoms with Crippen LogP contribution in [0.15, 0.2) is 12.3 Å². The van der Waals surface area contributed by atoms with Crippen LogP contribution < -0.4 is 0 Å². The van der Waals surface area contributed by atoms with Gasteiger partial charge in [0.2, 0.25) is 0 Å². The molecular weight excluding hydrogens is 218 g/mol. The second kappa shape index (κ2) is 11.6.